The van der Waals surface area contributed by atoms with Crippen molar-refractivity contribution in [3.63, 3.8) is 0 Å². The van der Waals surface area contributed by atoms with Crippen molar-refractivity contribution in [3.05, 3.63) is 12.7 Å². The second-order valence-electron chi connectivity index (χ2n) is 0.329. The van der Waals surface area contributed by atoms with E-state index >= 15 is 0 Å². The smallest absolute Gasteiger partial charge is 0 e. The van der Waals surface area contributed by atoms with Crippen LogP contribution in [0.3, 0.4) is 0 Å². The van der Waals surface area contributed by atoms with E-state index in [1.165, 1.54) is 0 Å². The van der Waals surface area contributed by atoms with Crippen molar-refractivity contribution in [2.24, 2.45) is 0 Å². The van der Waals surface area contributed by atoms with E-state index in [-0.39, 0.29) is 32.7 Å². The molecule has 1 radical (unpaired) electrons. The fourth-order valence-electron chi connectivity index (χ4n) is 0. The van der Waals surface area contributed by atoms with Gasteiger partial charge in [0.1, 0.15) is 0 Å². The van der Waals surface area contributed by atoms with E-state index in [0.717, 1.165) is 6.08 Å². The van der Waals surface area contributed by atoms with Crippen molar-refractivity contribution >= 4 is 6.29 Å². The summed E-state index contributed by atoms with van der Waals surface area (Å²) in [6, 6.07) is 0. The van der Waals surface area contributed by atoms with Crippen LogP contribution in [0, 0.1) is 6.58 Å². The zero-order chi connectivity index (χ0) is 3.41. The molecule has 25 valence electrons. The van der Waals surface area contributed by atoms with Crippen molar-refractivity contribution in [3.8, 4) is 0 Å². The quantitative estimate of drug-likeness (QED) is 0.291. The minimum Gasteiger partial charge on any atom is -0.410 e. The Hall–Kier alpha value is 0.514. The van der Waals surface area contributed by atoms with E-state index in [0.29, 0.717) is 6.29 Å². The summed E-state index contributed by atoms with van der Waals surface area (Å²) >= 11 is 0. The van der Waals surface area contributed by atoms with Crippen LogP contribution in [-0.2, 0) is 37.5 Å². The average Bonchev–Trinajstić information content (AvgIpc) is 1.37. The van der Waals surface area contributed by atoms with Crippen molar-refractivity contribution in [2.75, 3.05) is 0 Å². The summed E-state index contributed by atoms with van der Waals surface area (Å²) in [6.07, 6.45) is 1.47. The Kier molecular flexibility index (Phi) is 16.0. The second-order valence-corrected chi connectivity index (χ2v) is 0.329. The fraction of sp³-hybridized carbons (Fsp3) is 0. The Morgan fingerprint density at radius 1 is 1.60 bits per heavy atom. The normalized spacial score (nSPS) is 4.00. The summed E-state index contributed by atoms with van der Waals surface area (Å²) in [4.78, 5) is 8.99. The van der Waals surface area contributed by atoms with Gasteiger partial charge in [0.05, 0.1) is 0 Å². The Labute approximate surface area is 56.3 Å². The van der Waals surface area contributed by atoms with Gasteiger partial charge in [0.2, 0.25) is 0 Å². The van der Waals surface area contributed by atoms with E-state index in [4.69, 9.17) is 4.79 Å². The van der Waals surface area contributed by atoms with Crippen molar-refractivity contribution in [1.82, 2.24) is 0 Å². The van der Waals surface area contributed by atoms with E-state index in [2.05, 4.69) is 6.58 Å². The molecule has 2 heteroatoms. The zero-order valence-electron chi connectivity index (χ0n) is 2.72. The van der Waals surface area contributed by atoms with Crippen LogP contribution in [0.5, 0.6) is 0 Å². The largest absolute Gasteiger partial charge is 0.410 e. The fourth-order valence-corrected chi connectivity index (χ4v) is 0. The number of hydrogen-bond acceptors (Lipinski definition) is 1. The molecule has 0 aliphatic carbocycles. The first-order chi connectivity index (χ1) is 1.91. The molecule has 0 saturated carbocycles. The van der Waals surface area contributed by atoms with Crippen molar-refractivity contribution in [2.45, 2.75) is 0 Å². The van der Waals surface area contributed by atoms with Crippen LogP contribution in [-0.4, -0.2) is 6.29 Å². The maximum absolute atomic E-state index is 8.99. The molecule has 0 saturated heterocycles. The first kappa shape index (κ1) is 9.10. The van der Waals surface area contributed by atoms with Gasteiger partial charge in [-0.1, -0.05) is 0 Å². The molecule has 0 fully saturated rings. The van der Waals surface area contributed by atoms with E-state index in [1.807, 2.05) is 0 Å². The predicted octanol–water partition coefficient (Wildman–Crippen LogP) is 0.172. The van der Waals surface area contributed by atoms with Gasteiger partial charge >= 0.3 is 0 Å². The van der Waals surface area contributed by atoms with Gasteiger partial charge in [-0.3, -0.25) is 6.58 Å². The van der Waals surface area contributed by atoms with Gasteiger partial charge in [0.15, 0.2) is 0 Å². The molecular weight excluding hydrogens is 141 g/mol. The maximum Gasteiger partial charge on any atom is 0 e. The number of rotatable bonds is 1. The van der Waals surface area contributed by atoms with Crippen LogP contribution >= 0.6 is 0 Å². The third-order valence-corrected chi connectivity index (χ3v) is 0.0786. The monoisotopic (exact) mass is 144 g/mol. The average molecular weight is 144 g/mol. The first-order valence-corrected chi connectivity index (χ1v) is 0.902. The molecule has 0 aliphatic heterocycles. The van der Waals surface area contributed by atoms with Crippen LogP contribution in [0.4, 0.5) is 0 Å². The van der Waals surface area contributed by atoms with Crippen LogP contribution < -0.4 is 0 Å². The van der Waals surface area contributed by atoms with Gasteiger partial charge < -0.3 is 4.79 Å². The molecule has 0 heterocycles. The third kappa shape index (κ3) is 12.4. The molecular formula is C3H3OY-. The van der Waals surface area contributed by atoms with Crippen molar-refractivity contribution < 1.29 is 37.5 Å². The van der Waals surface area contributed by atoms with E-state index in [1.54, 1.807) is 0 Å². The van der Waals surface area contributed by atoms with E-state index < -0.39 is 0 Å². The summed E-state index contributed by atoms with van der Waals surface area (Å²) in [5, 5.41) is 0. The summed E-state index contributed by atoms with van der Waals surface area (Å²) in [6.45, 7) is 4.53. The molecule has 0 aromatic carbocycles. The first-order valence-electron chi connectivity index (χ1n) is 0.902. The summed E-state index contributed by atoms with van der Waals surface area (Å²) in [5.74, 6) is 0. The van der Waals surface area contributed by atoms with Crippen LogP contribution in [0.1, 0.15) is 0 Å². The molecule has 0 amide bonds. The Bertz CT molecular complexity index is 27.9. The molecule has 5 heavy (non-hydrogen) atoms. The molecule has 0 rings (SSSR count). The van der Waals surface area contributed by atoms with Crippen LogP contribution in [0.25, 0.3) is 0 Å². The predicted molar refractivity (Wildman–Crippen MR) is 14.9 cm³/mol. The van der Waals surface area contributed by atoms with Gasteiger partial charge in [0, 0.05) is 32.7 Å². The Morgan fingerprint density at radius 3 is 1.80 bits per heavy atom. The third-order valence-electron chi connectivity index (χ3n) is 0.0786. The molecule has 0 aliphatic rings. The molecule has 0 N–H and O–H groups in total. The number of carbonyl (C=O) groups is 1. The molecule has 0 spiro atoms. The molecule has 1 nitrogen and oxygen atoms in total. The van der Waals surface area contributed by atoms with Crippen LogP contribution in [0.15, 0.2) is 6.08 Å². The number of aldehydes is 1. The standard InChI is InChI=1S/C3H3O.Y/c1-2-3-4;/h1-3H;/q-1;. The van der Waals surface area contributed by atoms with Gasteiger partial charge in [-0.05, 0) is 6.29 Å². The van der Waals surface area contributed by atoms with Gasteiger partial charge in [-0.2, -0.15) is 0 Å². The molecule has 0 aromatic rings. The SMILES string of the molecule is [CH-]=CC=O.[Y]. The topological polar surface area (TPSA) is 17.1 Å². The van der Waals surface area contributed by atoms with Crippen molar-refractivity contribution in [1.29, 1.82) is 0 Å². The van der Waals surface area contributed by atoms with Crippen LogP contribution in [0.2, 0.25) is 0 Å². The minimum atomic E-state index is 0. The summed E-state index contributed by atoms with van der Waals surface area (Å²) in [7, 11) is 0. The van der Waals surface area contributed by atoms with Gasteiger partial charge in [0.25, 0.3) is 0 Å². The second kappa shape index (κ2) is 8.82. The molecule has 0 unspecified atom stereocenters. The summed E-state index contributed by atoms with van der Waals surface area (Å²) in [5.41, 5.74) is 0. The molecule has 0 bridgehead atoms. The maximum atomic E-state index is 8.99. The number of carbonyl (C=O) groups excluding carboxylic acids is 1. The molecule has 0 atom stereocenters. The van der Waals surface area contributed by atoms with E-state index in [9.17, 15) is 0 Å². The number of hydrogen-bond donors (Lipinski definition) is 0. The number of allylic oxidation sites excluding steroid dienone is 1. The Balaban J connectivity index is 0. The minimum absolute atomic E-state index is 0. The van der Waals surface area contributed by atoms with Gasteiger partial charge in [-0.15, -0.1) is 0 Å². The van der Waals surface area contributed by atoms with Gasteiger partial charge in [-0.25, -0.2) is 6.08 Å². The summed E-state index contributed by atoms with van der Waals surface area (Å²) < 4.78 is 0. The Morgan fingerprint density at radius 2 is 1.80 bits per heavy atom. The molecule has 0 aromatic heterocycles. The zero-order valence-corrected chi connectivity index (χ0v) is 5.56.